The molecule has 1 aliphatic rings. The Morgan fingerprint density at radius 3 is 2.62 bits per heavy atom. The normalized spacial score (nSPS) is 16.6. The summed E-state index contributed by atoms with van der Waals surface area (Å²) in [6.45, 7) is 0.429. The van der Waals surface area contributed by atoms with E-state index in [1.807, 2.05) is 0 Å². The SMILES string of the molecule is CN(CCC(=O)O)S(=O)(=O)NCCC1CC1. The molecule has 7 heteroatoms. The number of nitrogens with one attached hydrogen (secondary N) is 1. The van der Waals surface area contributed by atoms with Gasteiger partial charge in [-0.3, -0.25) is 4.79 Å². The largest absolute Gasteiger partial charge is 0.481 e. The van der Waals surface area contributed by atoms with Crippen LogP contribution < -0.4 is 4.72 Å². The second-order valence-corrected chi connectivity index (χ2v) is 5.96. The third kappa shape index (κ3) is 4.91. The molecule has 1 saturated carbocycles. The van der Waals surface area contributed by atoms with Crippen LogP contribution in [0.15, 0.2) is 0 Å². The van der Waals surface area contributed by atoms with E-state index in [0.29, 0.717) is 12.5 Å². The minimum absolute atomic E-state index is 0.00586. The predicted molar refractivity (Wildman–Crippen MR) is 59.1 cm³/mol. The van der Waals surface area contributed by atoms with Crippen LogP contribution in [-0.4, -0.2) is 43.9 Å². The first-order chi connectivity index (χ1) is 7.42. The second-order valence-electron chi connectivity index (χ2n) is 4.10. The second kappa shape index (κ2) is 5.60. The van der Waals surface area contributed by atoms with E-state index in [0.717, 1.165) is 10.7 Å². The Labute approximate surface area is 95.8 Å². The highest BCUT2D eigenvalue weighted by molar-refractivity contribution is 7.87. The minimum Gasteiger partial charge on any atom is -0.481 e. The van der Waals surface area contributed by atoms with Crippen molar-refractivity contribution in [2.45, 2.75) is 25.7 Å². The molecule has 0 amide bonds. The van der Waals surface area contributed by atoms with Crippen LogP contribution in [-0.2, 0) is 15.0 Å². The summed E-state index contributed by atoms with van der Waals surface area (Å²) in [7, 11) is -2.13. The van der Waals surface area contributed by atoms with Crippen LogP contribution in [0, 0.1) is 5.92 Å². The summed E-state index contributed by atoms with van der Waals surface area (Å²) in [4.78, 5) is 10.3. The van der Waals surface area contributed by atoms with Crippen molar-refractivity contribution in [3.05, 3.63) is 0 Å². The molecule has 0 aromatic carbocycles. The van der Waals surface area contributed by atoms with E-state index in [1.165, 1.54) is 19.9 Å². The third-order valence-electron chi connectivity index (χ3n) is 2.58. The molecule has 0 aromatic heterocycles. The fraction of sp³-hybridized carbons (Fsp3) is 0.889. The van der Waals surface area contributed by atoms with Gasteiger partial charge < -0.3 is 5.11 Å². The maximum atomic E-state index is 11.6. The molecular formula is C9H18N2O4S. The van der Waals surface area contributed by atoms with Gasteiger partial charge in [-0.05, 0) is 12.3 Å². The van der Waals surface area contributed by atoms with Gasteiger partial charge >= 0.3 is 5.97 Å². The molecule has 0 aromatic rings. The first-order valence-electron chi connectivity index (χ1n) is 5.34. The topological polar surface area (TPSA) is 86.7 Å². The number of hydrogen-bond acceptors (Lipinski definition) is 3. The average molecular weight is 250 g/mol. The van der Waals surface area contributed by atoms with Crippen molar-refractivity contribution < 1.29 is 18.3 Å². The Kier molecular flexibility index (Phi) is 4.69. The summed E-state index contributed by atoms with van der Waals surface area (Å²) in [6.07, 6.45) is 3.07. The lowest BCUT2D eigenvalue weighted by molar-refractivity contribution is -0.137. The van der Waals surface area contributed by atoms with Gasteiger partial charge in [0.1, 0.15) is 0 Å². The van der Waals surface area contributed by atoms with Gasteiger partial charge in [-0.1, -0.05) is 12.8 Å². The fourth-order valence-electron chi connectivity index (χ4n) is 1.28. The van der Waals surface area contributed by atoms with E-state index in [9.17, 15) is 13.2 Å². The predicted octanol–water partition coefficient (Wildman–Crippen LogP) is 0.0274. The molecule has 6 nitrogen and oxygen atoms in total. The lowest BCUT2D eigenvalue weighted by Gasteiger charge is -2.16. The number of rotatable bonds is 8. The maximum Gasteiger partial charge on any atom is 0.304 e. The molecule has 0 radical (unpaired) electrons. The Morgan fingerprint density at radius 2 is 2.12 bits per heavy atom. The van der Waals surface area contributed by atoms with Crippen LogP contribution in [0.3, 0.4) is 0 Å². The van der Waals surface area contributed by atoms with E-state index in [1.54, 1.807) is 0 Å². The van der Waals surface area contributed by atoms with Gasteiger partial charge in [-0.25, -0.2) is 4.72 Å². The van der Waals surface area contributed by atoms with Crippen molar-refractivity contribution in [3.63, 3.8) is 0 Å². The minimum atomic E-state index is -3.50. The quantitative estimate of drug-likeness (QED) is 0.636. The van der Waals surface area contributed by atoms with Crippen molar-refractivity contribution in [1.82, 2.24) is 9.03 Å². The first kappa shape index (κ1) is 13.4. The fourth-order valence-corrected chi connectivity index (χ4v) is 2.21. The van der Waals surface area contributed by atoms with Crippen LogP contribution in [0.1, 0.15) is 25.7 Å². The van der Waals surface area contributed by atoms with Crippen molar-refractivity contribution in [3.8, 4) is 0 Å². The van der Waals surface area contributed by atoms with E-state index < -0.39 is 16.2 Å². The monoisotopic (exact) mass is 250 g/mol. The Balaban J connectivity index is 2.26. The lowest BCUT2D eigenvalue weighted by Crippen LogP contribution is -2.39. The smallest absolute Gasteiger partial charge is 0.304 e. The molecular weight excluding hydrogens is 232 g/mol. The van der Waals surface area contributed by atoms with Crippen LogP contribution in [0.2, 0.25) is 0 Å². The van der Waals surface area contributed by atoms with Gasteiger partial charge in [0, 0.05) is 20.1 Å². The highest BCUT2D eigenvalue weighted by Gasteiger charge is 2.23. The molecule has 1 aliphatic carbocycles. The van der Waals surface area contributed by atoms with Crippen molar-refractivity contribution in [2.75, 3.05) is 20.1 Å². The van der Waals surface area contributed by atoms with E-state index >= 15 is 0 Å². The Bertz CT molecular complexity index is 337. The molecule has 94 valence electrons. The Hall–Kier alpha value is -0.660. The van der Waals surface area contributed by atoms with Gasteiger partial charge in [0.25, 0.3) is 10.2 Å². The van der Waals surface area contributed by atoms with Gasteiger partial charge in [0.2, 0.25) is 0 Å². The van der Waals surface area contributed by atoms with Gasteiger partial charge in [0.05, 0.1) is 6.42 Å². The Morgan fingerprint density at radius 1 is 1.50 bits per heavy atom. The third-order valence-corrected chi connectivity index (χ3v) is 4.16. The van der Waals surface area contributed by atoms with Crippen molar-refractivity contribution in [1.29, 1.82) is 0 Å². The average Bonchev–Trinajstić information content (AvgIpc) is 2.97. The van der Waals surface area contributed by atoms with Crippen molar-refractivity contribution in [2.24, 2.45) is 5.92 Å². The number of carboxylic acids is 1. The lowest BCUT2D eigenvalue weighted by atomic mass is 10.3. The number of carbonyl (C=O) groups is 1. The molecule has 0 bridgehead atoms. The molecule has 2 N–H and O–H groups in total. The number of aliphatic carboxylic acids is 1. The molecule has 0 unspecified atom stereocenters. The summed E-state index contributed by atoms with van der Waals surface area (Å²) in [5.74, 6) is -0.327. The van der Waals surface area contributed by atoms with Crippen molar-refractivity contribution >= 4 is 16.2 Å². The van der Waals surface area contributed by atoms with Gasteiger partial charge in [-0.2, -0.15) is 12.7 Å². The molecule has 1 fully saturated rings. The van der Waals surface area contributed by atoms with Gasteiger partial charge in [-0.15, -0.1) is 0 Å². The molecule has 0 heterocycles. The van der Waals surface area contributed by atoms with E-state index in [4.69, 9.17) is 5.11 Å². The zero-order valence-corrected chi connectivity index (χ0v) is 10.2. The maximum absolute atomic E-state index is 11.6. The summed E-state index contributed by atoms with van der Waals surface area (Å²) < 4.78 is 26.6. The molecule has 16 heavy (non-hydrogen) atoms. The number of nitrogens with zero attached hydrogens (tertiary/aromatic N) is 1. The first-order valence-corrected chi connectivity index (χ1v) is 6.78. The zero-order valence-electron chi connectivity index (χ0n) is 9.35. The summed E-state index contributed by atoms with van der Waals surface area (Å²) in [5, 5.41) is 8.44. The molecule has 1 rings (SSSR count). The summed E-state index contributed by atoms with van der Waals surface area (Å²) in [6, 6.07) is 0. The number of hydrogen-bond donors (Lipinski definition) is 2. The standard InChI is InChI=1S/C9H18N2O4S/c1-11(7-5-9(12)13)16(14,15)10-6-4-8-2-3-8/h8,10H,2-7H2,1H3,(H,12,13). The molecule has 0 saturated heterocycles. The summed E-state index contributed by atoms with van der Waals surface area (Å²) in [5.41, 5.74) is 0. The highest BCUT2D eigenvalue weighted by atomic mass is 32.2. The summed E-state index contributed by atoms with van der Waals surface area (Å²) >= 11 is 0. The van der Waals surface area contributed by atoms with Crippen LogP contribution in [0.4, 0.5) is 0 Å². The van der Waals surface area contributed by atoms with E-state index in [2.05, 4.69) is 4.72 Å². The number of carboxylic acid groups (broad SMARTS) is 1. The molecule has 0 atom stereocenters. The van der Waals surface area contributed by atoms with Crippen LogP contribution in [0.25, 0.3) is 0 Å². The van der Waals surface area contributed by atoms with Crippen LogP contribution >= 0.6 is 0 Å². The van der Waals surface area contributed by atoms with E-state index in [-0.39, 0.29) is 13.0 Å². The van der Waals surface area contributed by atoms with Crippen LogP contribution in [0.5, 0.6) is 0 Å². The molecule has 0 aliphatic heterocycles. The van der Waals surface area contributed by atoms with Gasteiger partial charge in [0.15, 0.2) is 0 Å². The molecule has 0 spiro atoms. The zero-order chi connectivity index (χ0) is 12.2. The highest BCUT2D eigenvalue weighted by Crippen LogP contribution is 2.31.